The predicted octanol–water partition coefficient (Wildman–Crippen LogP) is 0.489. The van der Waals surface area contributed by atoms with Gasteiger partial charge in [-0.3, -0.25) is 4.79 Å². The molecule has 0 radical (unpaired) electrons. The summed E-state index contributed by atoms with van der Waals surface area (Å²) >= 11 is 0. The largest absolute Gasteiger partial charge is 0.491 e. The van der Waals surface area contributed by atoms with Gasteiger partial charge in [0.1, 0.15) is 17.9 Å². The molecule has 0 aliphatic rings. The average Bonchev–Trinajstić information content (AvgIpc) is 2.39. The van der Waals surface area contributed by atoms with E-state index in [9.17, 15) is 9.59 Å². The summed E-state index contributed by atoms with van der Waals surface area (Å²) in [6.45, 7) is 3.43. The predicted molar refractivity (Wildman–Crippen MR) is 70.4 cm³/mol. The Morgan fingerprint density at radius 3 is 2.74 bits per heavy atom. The first-order valence-corrected chi connectivity index (χ1v) is 6.07. The van der Waals surface area contributed by atoms with Crippen molar-refractivity contribution in [3.05, 3.63) is 29.8 Å². The second-order valence-corrected chi connectivity index (χ2v) is 3.78. The van der Waals surface area contributed by atoms with Gasteiger partial charge in [0.15, 0.2) is 0 Å². The Hall–Kier alpha value is -2.08. The van der Waals surface area contributed by atoms with Gasteiger partial charge in [0, 0.05) is 13.1 Å². The number of nitrogens with one attached hydrogen (secondary N) is 2. The number of carbonyl (C=O) groups excluding carboxylic acids is 1. The Balaban J connectivity index is 2.30. The lowest BCUT2D eigenvalue weighted by Gasteiger charge is -2.09. The van der Waals surface area contributed by atoms with E-state index in [2.05, 4.69) is 10.6 Å². The maximum absolute atomic E-state index is 11.1. The van der Waals surface area contributed by atoms with Crippen LogP contribution in [-0.4, -0.2) is 43.2 Å². The van der Waals surface area contributed by atoms with Gasteiger partial charge in [-0.1, -0.05) is 12.1 Å². The van der Waals surface area contributed by atoms with Crippen LogP contribution in [0, 0.1) is 0 Å². The number of ether oxygens (including phenoxy) is 1. The Labute approximate surface area is 111 Å². The Morgan fingerprint density at radius 2 is 2.05 bits per heavy atom. The van der Waals surface area contributed by atoms with E-state index in [0.717, 1.165) is 0 Å². The third-order valence-corrected chi connectivity index (χ3v) is 2.31. The van der Waals surface area contributed by atoms with Gasteiger partial charge in [0.05, 0.1) is 6.54 Å². The van der Waals surface area contributed by atoms with Gasteiger partial charge in [-0.05, 0) is 19.1 Å². The molecule has 1 aromatic carbocycles. The summed E-state index contributed by atoms with van der Waals surface area (Å²) in [6.07, 6.45) is 0. The quantitative estimate of drug-likeness (QED) is 0.596. The molecule has 104 valence electrons. The van der Waals surface area contributed by atoms with E-state index in [4.69, 9.17) is 9.84 Å². The van der Waals surface area contributed by atoms with E-state index in [-0.39, 0.29) is 18.0 Å². The lowest BCUT2D eigenvalue weighted by atomic mass is 10.2. The number of hydrogen-bond acceptors (Lipinski definition) is 4. The van der Waals surface area contributed by atoms with Crippen molar-refractivity contribution in [1.29, 1.82) is 0 Å². The number of carboxylic acid groups (broad SMARTS) is 1. The van der Waals surface area contributed by atoms with Crippen LogP contribution < -0.4 is 15.4 Å². The monoisotopic (exact) mass is 266 g/mol. The smallest absolute Gasteiger partial charge is 0.339 e. The van der Waals surface area contributed by atoms with Crippen LogP contribution in [0.4, 0.5) is 0 Å². The maximum Gasteiger partial charge on any atom is 0.339 e. The highest BCUT2D eigenvalue weighted by Crippen LogP contribution is 2.17. The van der Waals surface area contributed by atoms with Gasteiger partial charge in [-0.25, -0.2) is 4.79 Å². The fraction of sp³-hybridized carbons (Fsp3) is 0.385. The summed E-state index contributed by atoms with van der Waals surface area (Å²) < 4.78 is 5.37. The highest BCUT2D eigenvalue weighted by molar-refractivity contribution is 5.90. The molecule has 1 aromatic rings. The highest BCUT2D eigenvalue weighted by atomic mass is 16.5. The van der Waals surface area contributed by atoms with Crippen LogP contribution in [-0.2, 0) is 4.79 Å². The molecule has 0 saturated carbocycles. The minimum absolute atomic E-state index is 0.0755. The number of amides is 1. The van der Waals surface area contributed by atoms with Crippen molar-refractivity contribution in [3.8, 4) is 5.75 Å². The molecule has 0 aliphatic carbocycles. The zero-order valence-corrected chi connectivity index (χ0v) is 10.8. The van der Waals surface area contributed by atoms with Crippen molar-refractivity contribution in [3.63, 3.8) is 0 Å². The van der Waals surface area contributed by atoms with Crippen molar-refractivity contribution in [2.45, 2.75) is 6.92 Å². The number of para-hydroxylation sites is 1. The molecule has 0 bridgehead atoms. The molecule has 0 aliphatic heterocycles. The Morgan fingerprint density at radius 1 is 1.32 bits per heavy atom. The first-order chi connectivity index (χ1) is 9.15. The number of rotatable bonds is 8. The lowest BCUT2D eigenvalue weighted by molar-refractivity contribution is -0.120. The first kappa shape index (κ1) is 15.0. The van der Waals surface area contributed by atoms with E-state index in [1.54, 1.807) is 18.2 Å². The van der Waals surface area contributed by atoms with Crippen molar-refractivity contribution >= 4 is 11.9 Å². The Kier molecular flexibility index (Phi) is 6.38. The number of aromatic carboxylic acids is 1. The molecule has 1 rings (SSSR count). The van der Waals surface area contributed by atoms with Crippen molar-refractivity contribution in [2.75, 3.05) is 26.2 Å². The number of carbonyl (C=O) groups is 2. The van der Waals surface area contributed by atoms with E-state index in [0.29, 0.717) is 25.4 Å². The molecular formula is C13H18N2O4. The van der Waals surface area contributed by atoms with Crippen LogP contribution in [0.15, 0.2) is 24.3 Å². The summed E-state index contributed by atoms with van der Waals surface area (Å²) in [5.74, 6) is -0.769. The van der Waals surface area contributed by atoms with Gasteiger partial charge in [0.25, 0.3) is 0 Å². The molecule has 3 N–H and O–H groups in total. The van der Waals surface area contributed by atoms with Gasteiger partial charge in [-0.2, -0.15) is 0 Å². The summed E-state index contributed by atoms with van der Waals surface area (Å²) in [4.78, 5) is 22.1. The zero-order chi connectivity index (χ0) is 14.1. The van der Waals surface area contributed by atoms with Gasteiger partial charge in [0.2, 0.25) is 5.91 Å². The number of likely N-dealkylation sites (N-methyl/N-ethyl adjacent to an activating group) is 1. The Bertz CT molecular complexity index is 434. The van der Waals surface area contributed by atoms with Gasteiger partial charge in [-0.15, -0.1) is 0 Å². The third-order valence-electron chi connectivity index (χ3n) is 2.31. The summed E-state index contributed by atoms with van der Waals surface area (Å²) in [6, 6.07) is 6.45. The number of carboxylic acids is 1. The molecule has 19 heavy (non-hydrogen) atoms. The second-order valence-electron chi connectivity index (χ2n) is 3.78. The van der Waals surface area contributed by atoms with E-state index in [1.807, 2.05) is 6.92 Å². The maximum atomic E-state index is 11.1. The van der Waals surface area contributed by atoms with Crippen LogP contribution >= 0.6 is 0 Å². The van der Waals surface area contributed by atoms with E-state index in [1.165, 1.54) is 6.07 Å². The molecule has 6 nitrogen and oxygen atoms in total. The molecule has 0 unspecified atom stereocenters. The van der Waals surface area contributed by atoms with E-state index < -0.39 is 5.97 Å². The number of hydrogen-bond donors (Lipinski definition) is 3. The molecule has 0 aromatic heterocycles. The minimum Gasteiger partial charge on any atom is -0.491 e. The molecular weight excluding hydrogens is 248 g/mol. The molecule has 0 atom stereocenters. The van der Waals surface area contributed by atoms with Crippen LogP contribution in [0.1, 0.15) is 17.3 Å². The molecule has 0 saturated heterocycles. The summed E-state index contributed by atoms with van der Waals surface area (Å²) in [7, 11) is 0. The van der Waals surface area contributed by atoms with Gasteiger partial charge >= 0.3 is 5.97 Å². The minimum atomic E-state index is -1.02. The second kappa shape index (κ2) is 8.10. The molecule has 1 amide bonds. The summed E-state index contributed by atoms with van der Waals surface area (Å²) in [5, 5.41) is 14.5. The third kappa shape index (κ3) is 5.39. The van der Waals surface area contributed by atoms with Crippen LogP contribution in [0.3, 0.4) is 0 Å². The fourth-order valence-corrected chi connectivity index (χ4v) is 1.46. The fourth-order valence-electron chi connectivity index (χ4n) is 1.46. The standard InChI is InChI=1S/C13H18N2O4/c1-2-15-12(16)9-14-7-8-19-11-6-4-3-5-10(11)13(17)18/h3-6,14H,2,7-9H2,1H3,(H,15,16)(H,17,18). The van der Waals surface area contributed by atoms with E-state index >= 15 is 0 Å². The van der Waals surface area contributed by atoms with Gasteiger partial charge < -0.3 is 20.5 Å². The SMILES string of the molecule is CCNC(=O)CNCCOc1ccccc1C(=O)O. The van der Waals surface area contributed by atoms with Crippen LogP contribution in [0.2, 0.25) is 0 Å². The average molecular weight is 266 g/mol. The summed E-state index contributed by atoms with van der Waals surface area (Å²) in [5.41, 5.74) is 0.131. The molecule has 0 spiro atoms. The zero-order valence-electron chi connectivity index (χ0n) is 10.8. The lowest BCUT2D eigenvalue weighted by Crippen LogP contribution is -2.35. The van der Waals surface area contributed by atoms with Crippen LogP contribution in [0.5, 0.6) is 5.75 Å². The molecule has 0 fully saturated rings. The molecule has 6 heteroatoms. The molecule has 0 heterocycles. The first-order valence-electron chi connectivity index (χ1n) is 6.07. The number of benzene rings is 1. The van der Waals surface area contributed by atoms with Crippen LogP contribution in [0.25, 0.3) is 0 Å². The van der Waals surface area contributed by atoms with Crippen molar-refractivity contribution in [1.82, 2.24) is 10.6 Å². The normalized spacial score (nSPS) is 9.95. The van der Waals surface area contributed by atoms with Crippen molar-refractivity contribution in [2.24, 2.45) is 0 Å². The highest BCUT2D eigenvalue weighted by Gasteiger charge is 2.09. The van der Waals surface area contributed by atoms with Crippen molar-refractivity contribution < 1.29 is 19.4 Å². The topological polar surface area (TPSA) is 87.7 Å².